The van der Waals surface area contributed by atoms with Crippen molar-refractivity contribution < 1.29 is 13.2 Å². The number of piperidine rings is 2. The lowest BCUT2D eigenvalue weighted by Gasteiger charge is -2.32. The van der Waals surface area contributed by atoms with E-state index in [1.807, 2.05) is 0 Å². The van der Waals surface area contributed by atoms with E-state index in [9.17, 15) is 13.2 Å². The van der Waals surface area contributed by atoms with Crippen molar-refractivity contribution in [3.63, 3.8) is 0 Å². The smallest absolute Gasteiger partial charge is 0.281 e. The van der Waals surface area contributed by atoms with Gasteiger partial charge in [-0.2, -0.15) is 17.0 Å². The minimum Gasteiger partial charge on any atom is -0.372 e. The Morgan fingerprint density at radius 2 is 1.75 bits per heavy atom. The van der Waals surface area contributed by atoms with E-state index in [1.165, 1.54) is 47.7 Å². The molecule has 0 saturated carbocycles. The molecule has 0 spiro atoms. The molecule has 7 nitrogen and oxygen atoms in total. The van der Waals surface area contributed by atoms with Gasteiger partial charge in [-0.3, -0.25) is 4.79 Å². The van der Waals surface area contributed by atoms with Crippen LogP contribution in [0.3, 0.4) is 0 Å². The number of hydrogen-bond donors (Lipinski definition) is 1. The minimum atomic E-state index is -3.47. The SMILES string of the molecule is CN(C)S(=O)(=O)N1CCC[C@@H](C(=O)NCc2ccc(N3CCCCC3)cc2)C1. The molecule has 1 N–H and O–H groups in total. The number of carbonyl (C=O) groups is 1. The molecule has 0 unspecified atom stereocenters. The number of amides is 1. The molecule has 0 bridgehead atoms. The monoisotopic (exact) mass is 408 g/mol. The molecule has 2 aliphatic heterocycles. The van der Waals surface area contributed by atoms with E-state index in [2.05, 4.69) is 34.5 Å². The molecular weight excluding hydrogens is 376 g/mol. The maximum atomic E-state index is 12.6. The average molecular weight is 409 g/mol. The molecule has 1 aromatic carbocycles. The Balaban J connectivity index is 1.52. The first-order chi connectivity index (χ1) is 13.4. The average Bonchev–Trinajstić information content (AvgIpc) is 2.73. The van der Waals surface area contributed by atoms with E-state index in [4.69, 9.17) is 0 Å². The van der Waals surface area contributed by atoms with Crippen molar-refractivity contribution in [2.75, 3.05) is 45.2 Å². The predicted octanol–water partition coefficient (Wildman–Crippen LogP) is 1.81. The van der Waals surface area contributed by atoms with Gasteiger partial charge in [-0.1, -0.05) is 12.1 Å². The van der Waals surface area contributed by atoms with Crippen molar-refractivity contribution >= 4 is 21.8 Å². The Hall–Kier alpha value is -1.64. The Morgan fingerprint density at radius 1 is 1.07 bits per heavy atom. The molecule has 1 aromatic rings. The zero-order valence-electron chi connectivity index (χ0n) is 16.9. The first-order valence-corrected chi connectivity index (χ1v) is 11.6. The van der Waals surface area contributed by atoms with Crippen LogP contribution >= 0.6 is 0 Å². The first-order valence-electron chi connectivity index (χ1n) is 10.2. The van der Waals surface area contributed by atoms with Crippen LogP contribution in [0.15, 0.2) is 24.3 Å². The minimum absolute atomic E-state index is 0.0706. The van der Waals surface area contributed by atoms with E-state index in [-0.39, 0.29) is 18.4 Å². The lowest BCUT2D eigenvalue weighted by molar-refractivity contribution is -0.126. The molecule has 3 rings (SSSR count). The third-order valence-electron chi connectivity index (χ3n) is 5.67. The van der Waals surface area contributed by atoms with Crippen LogP contribution in [-0.2, 0) is 21.5 Å². The fraction of sp³-hybridized carbons (Fsp3) is 0.650. The van der Waals surface area contributed by atoms with Gasteiger partial charge in [-0.05, 0) is 49.8 Å². The number of benzene rings is 1. The van der Waals surface area contributed by atoms with Gasteiger partial charge in [-0.25, -0.2) is 0 Å². The molecular formula is C20H32N4O3S. The number of nitrogens with zero attached hydrogens (tertiary/aromatic N) is 3. The highest BCUT2D eigenvalue weighted by atomic mass is 32.2. The lowest BCUT2D eigenvalue weighted by atomic mass is 9.98. The number of carbonyl (C=O) groups excluding carboxylic acids is 1. The zero-order chi connectivity index (χ0) is 20.1. The topological polar surface area (TPSA) is 73.0 Å². The summed E-state index contributed by atoms with van der Waals surface area (Å²) in [7, 11) is -0.426. The third-order valence-corrected chi connectivity index (χ3v) is 7.57. The number of hydrogen-bond acceptors (Lipinski definition) is 4. The molecule has 2 fully saturated rings. The molecule has 2 aliphatic rings. The second-order valence-electron chi connectivity index (χ2n) is 7.92. The molecule has 1 atom stereocenters. The molecule has 0 radical (unpaired) electrons. The highest BCUT2D eigenvalue weighted by Crippen LogP contribution is 2.22. The van der Waals surface area contributed by atoms with Gasteiger partial charge in [0.2, 0.25) is 5.91 Å². The molecule has 2 heterocycles. The van der Waals surface area contributed by atoms with Gasteiger partial charge in [0.15, 0.2) is 0 Å². The molecule has 8 heteroatoms. The fourth-order valence-corrected chi connectivity index (χ4v) is 5.10. The van der Waals surface area contributed by atoms with Crippen LogP contribution in [-0.4, -0.2) is 63.2 Å². The summed E-state index contributed by atoms with van der Waals surface area (Å²) in [6.45, 7) is 3.42. The standard InChI is InChI=1S/C20H32N4O3S/c1-22(2)28(26,27)24-14-6-7-18(16-24)20(25)21-15-17-8-10-19(11-9-17)23-12-4-3-5-13-23/h8-11,18H,3-7,12-16H2,1-2H3,(H,21,25)/t18-/m1/s1. The number of rotatable bonds is 6. The highest BCUT2D eigenvalue weighted by Gasteiger charge is 2.33. The van der Waals surface area contributed by atoms with Gasteiger partial charge < -0.3 is 10.2 Å². The van der Waals surface area contributed by atoms with Crippen molar-refractivity contribution in [1.82, 2.24) is 13.9 Å². The van der Waals surface area contributed by atoms with Crippen LogP contribution in [0, 0.1) is 5.92 Å². The van der Waals surface area contributed by atoms with Gasteiger partial charge in [-0.15, -0.1) is 0 Å². The van der Waals surface area contributed by atoms with Crippen LogP contribution in [0.4, 0.5) is 5.69 Å². The summed E-state index contributed by atoms with van der Waals surface area (Å²) < 4.78 is 27.2. The lowest BCUT2D eigenvalue weighted by Crippen LogP contribution is -2.48. The predicted molar refractivity (Wildman–Crippen MR) is 111 cm³/mol. The van der Waals surface area contributed by atoms with Crippen LogP contribution in [0.5, 0.6) is 0 Å². The number of anilines is 1. The van der Waals surface area contributed by atoms with Crippen LogP contribution in [0.1, 0.15) is 37.7 Å². The fourth-order valence-electron chi connectivity index (χ4n) is 3.91. The van der Waals surface area contributed by atoms with Gasteiger partial charge in [0, 0.05) is 52.5 Å². The van der Waals surface area contributed by atoms with Crippen molar-refractivity contribution in [3.8, 4) is 0 Å². The summed E-state index contributed by atoms with van der Waals surface area (Å²) in [5.41, 5.74) is 2.30. The first kappa shape index (κ1) is 21.1. The van der Waals surface area contributed by atoms with Crippen molar-refractivity contribution in [1.29, 1.82) is 0 Å². The van der Waals surface area contributed by atoms with E-state index in [1.54, 1.807) is 0 Å². The van der Waals surface area contributed by atoms with E-state index >= 15 is 0 Å². The van der Waals surface area contributed by atoms with Gasteiger partial charge in [0.1, 0.15) is 0 Å². The quantitative estimate of drug-likeness (QED) is 0.779. The van der Waals surface area contributed by atoms with Crippen molar-refractivity contribution in [2.45, 2.75) is 38.6 Å². The van der Waals surface area contributed by atoms with E-state index < -0.39 is 10.2 Å². The third kappa shape index (κ3) is 5.04. The summed E-state index contributed by atoms with van der Waals surface area (Å²) in [4.78, 5) is 15.0. The van der Waals surface area contributed by atoms with Crippen molar-refractivity contribution in [3.05, 3.63) is 29.8 Å². The number of nitrogens with one attached hydrogen (secondary N) is 1. The van der Waals surface area contributed by atoms with Gasteiger partial charge in [0.05, 0.1) is 5.92 Å². The van der Waals surface area contributed by atoms with Crippen LogP contribution < -0.4 is 10.2 Å². The summed E-state index contributed by atoms with van der Waals surface area (Å²) in [6.07, 6.45) is 5.24. The maximum Gasteiger partial charge on any atom is 0.281 e. The van der Waals surface area contributed by atoms with Gasteiger partial charge in [0.25, 0.3) is 10.2 Å². The molecule has 0 aromatic heterocycles. The molecule has 28 heavy (non-hydrogen) atoms. The summed E-state index contributed by atoms with van der Waals surface area (Å²) in [5.74, 6) is -0.366. The molecule has 0 aliphatic carbocycles. The Bertz CT molecular complexity index is 758. The van der Waals surface area contributed by atoms with E-state index in [0.29, 0.717) is 19.5 Å². The highest BCUT2D eigenvalue weighted by molar-refractivity contribution is 7.86. The van der Waals surface area contributed by atoms with Gasteiger partial charge >= 0.3 is 0 Å². The maximum absolute atomic E-state index is 12.6. The summed E-state index contributed by atoms with van der Waals surface area (Å²) in [6, 6.07) is 8.37. The largest absolute Gasteiger partial charge is 0.372 e. The summed E-state index contributed by atoms with van der Waals surface area (Å²) in [5, 5.41) is 2.98. The second-order valence-corrected chi connectivity index (χ2v) is 10.1. The van der Waals surface area contributed by atoms with E-state index in [0.717, 1.165) is 25.1 Å². The summed E-state index contributed by atoms with van der Waals surface area (Å²) >= 11 is 0. The molecule has 1 amide bonds. The van der Waals surface area contributed by atoms with Crippen LogP contribution in [0.25, 0.3) is 0 Å². The van der Waals surface area contributed by atoms with Crippen LogP contribution in [0.2, 0.25) is 0 Å². The Morgan fingerprint density at radius 3 is 2.39 bits per heavy atom. The Labute approximate surface area is 168 Å². The zero-order valence-corrected chi connectivity index (χ0v) is 17.7. The van der Waals surface area contributed by atoms with Crippen molar-refractivity contribution in [2.24, 2.45) is 5.92 Å². The molecule has 2 saturated heterocycles. The molecule has 156 valence electrons. The Kier molecular flexibility index (Phi) is 6.95. The normalized spacial score (nSPS) is 21.7. The second kappa shape index (κ2) is 9.24.